The third-order valence-electron chi connectivity index (χ3n) is 2.52. The Kier molecular flexibility index (Phi) is 3.77. The molecule has 2 aromatic rings. The fourth-order valence-corrected chi connectivity index (χ4v) is 2.86. The summed E-state index contributed by atoms with van der Waals surface area (Å²) in [5.41, 5.74) is 4.09. The Morgan fingerprint density at radius 3 is 2.14 bits per heavy atom. The molecule has 0 aromatic heterocycles. The van der Waals surface area contributed by atoms with Crippen LogP contribution >= 0.6 is 0 Å². The highest BCUT2D eigenvalue weighted by atomic mass is 32.2. The van der Waals surface area contributed by atoms with E-state index in [1.807, 2.05) is 0 Å². The number of hydrogen-bond donors (Lipinski definition) is 2. The molecule has 0 unspecified atom stereocenters. The molecular weight excluding hydrogens is 312 g/mol. The Labute approximate surface area is 117 Å². The lowest BCUT2D eigenvalue weighted by atomic mass is 10.3. The summed E-state index contributed by atoms with van der Waals surface area (Å²) in [6, 6.07) is 3.62. The van der Waals surface area contributed by atoms with Crippen molar-refractivity contribution >= 4 is 21.4 Å². The van der Waals surface area contributed by atoms with Gasteiger partial charge in [0.2, 0.25) is 0 Å². The van der Waals surface area contributed by atoms with Crippen LogP contribution in [0, 0.1) is 23.3 Å². The van der Waals surface area contributed by atoms with Crippen molar-refractivity contribution in [1.82, 2.24) is 0 Å². The van der Waals surface area contributed by atoms with Crippen LogP contribution < -0.4 is 10.5 Å². The maximum Gasteiger partial charge on any atom is 0.266 e. The van der Waals surface area contributed by atoms with Crippen LogP contribution in [0.1, 0.15) is 0 Å². The van der Waals surface area contributed by atoms with Crippen LogP contribution in [0.25, 0.3) is 0 Å². The van der Waals surface area contributed by atoms with E-state index in [1.54, 1.807) is 4.72 Å². The molecule has 0 fully saturated rings. The molecule has 2 aromatic carbocycles. The number of nitrogens with one attached hydrogen (secondary N) is 1. The lowest BCUT2D eigenvalue weighted by Gasteiger charge is -2.11. The van der Waals surface area contributed by atoms with Gasteiger partial charge in [0.25, 0.3) is 10.0 Å². The fraction of sp³-hybridized carbons (Fsp3) is 0. The van der Waals surface area contributed by atoms with Gasteiger partial charge in [-0.05, 0) is 12.1 Å². The monoisotopic (exact) mass is 320 g/mol. The smallest absolute Gasteiger partial charge is 0.266 e. The van der Waals surface area contributed by atoms with Crippen LogP contribution in [-0.2, 0) is 10.0 Å². The van der Waals surface area contributed by atoms with Crippen LogP contribution in [0.5, 0.6) is 0 Å². The van der Waals surface area contributed by atoms with E-state index in [4.69, 9.17) is 5.73 Å². The zero-order valence-electron chi connectivity index (χ0n) is 10.2. The van der Waals surface area contributed by atoms with Crippen molar-refractivity contribution in [3.05, 3.63) is 53.6 Å². The summed E-state index contributed by atoms with van der Waals surface area (Å²) in [6.45, 7) is 0. The summed E-state index contributed by atoms with van der Waals surface area (Å²) < 4.78 is 78.4. The summed E-state index contributed by atoms with van der Waals surface area (Å²) in [5, 5.41) is 0. The Morgan fingerprint density at radius 2 is 1.52 bits per heavy atom. The molecule has 0 saturated heterocycles. The van der Waals surface area contributed by atoms with E-state index in [0.717, 1.165) is 12.1 Å². The highest BCUT2D eigenvalue weighted by Gasteiger charge is 2.24. The molecule has 0 bridgehead atoms. The molecule has 21 heavy (non-hydrogen) atoms. The minimum absolute atomic E-state index is 0.165. The Balaban J connectivity index is 2.50. The van der Waals surface area contributed by atoms with Gasteiger partial charge in [-0.2, -0.15) is 0 Å². The second kappa shape index (κ2) is 5.24. The average Bonchev–Trinajstić information content (AvgIpc) is 2.35. The van der Waals surface area contributed by atoms with Crippen molar-refractivity contribution in [2.75, 3.05) is 10.5 Å². The first-order valence-electron chi connectivity index (χ1n) is 5.43. The molecule has 0 aliphatic heterocycles. The average molecular weight is 320 g/mol. The molecule has 0 atom stereocenters. The van der Waals surface area contributed by atoms with E-state index in [2.05, 4.69) is 0 Å². The van der Waals surface area contributed by atoms with E-state index in [0.29, 0.717) is 6.07 Å². The van der Waals surface area contributed by atoms with Gasteiger partial charge in [0.1, 0.15) is 16.5 Å². The van der Waals surface area contributed by atoms with Gasteiger partial charge in [-0.15, -0.1) is 0 Å². The number of sulfonamides is 1. The van der Waals surface area contributed by atoms with Crippen LogP contribution in [0.4, 0.5) is 28.9 Å². The van der Waals surface area contributed by atoms with Gasteiger partial charge in [-0.25, -0.2) is 26.0 Å². The second-order valence-corrected chi connectivity index (χ2v) is 5.63. The van der Waals surface area contributed by atoms with Crippen molar-refractivity contribution in [3.63, 3.8) is 0 Å². The summed E-state index contributed by atoms with van der Waals surface area (Å²) in [7, 11) is -4.61. The number of rotatable bonds is 3. The quantitative estimate of drug-likeness (QED) is 0.519. The van der Waals surface area contributed by atoms with Crippen molar-refractivity contribution in [2.45, 2.75) is 4.90 Å². The highest BCUT2D eigenvalue weighted by molar-refractivity contribution is 7.92. The van der Waals surface area contributed by atoms with Crippen molar-refractivity contribution < 1.29 is 26.0 Å². The number of nitrogen functional groups attached to an aromatic ring is 1. The predicted octanol–water partition coefficient (Wildman–Crippen LogP) is 2.63. The van der Waals surface area contributed by atoms with E-state index in [-0.39, 0.29) is 6.07 Å². The van der Waals surface area contributed by atoms with Crippen LogP contribution in [0.2, 0.25) is 0 Å². The minimum Gasteiger partial charge on any atom is -0.398 e. The molecule has 0 aliphatic carbocycles. The van der Waals surface area contributed by atoms with Gasteiger partial charge in [0.05, 0.1) is 11.4 Å². The third kappa shape index (κ3) is 2.92. The molecule has 0 spiro atoms. The van der Waals surface area contributed by atoms with Crippen LogP contribution in [-0.4, -0.2) is 8.42 Å². The highest BCUT2D eigenvalue weighted by Crippen LogP contribution is 2.26. The van der Waals surface area contributed by atoms with Crippen molar-refractivity contribution in [2.24, 2.45) is 0 Å². The van der Waals surface area contributed by atoms with Crippen molar-refractivity contribution in [3.8, 4) is 0 Å². The molecule has 0 heterocycles. The molecule has 0 radical (unpaired) electrons. The molecular formula is C12H8F4N2O2S. The normalized spacial score (nSPS) is 11.4. The summed E-state index contributed by atoms with van der Waals surface area (Å²) in [5.74, 6) is -5.46. The topological polar surface area (TPSA) is 72.2 Å². The van der Waals surface area contributed by atoms with Crippen LogP contribution in [0.15, 0.2) is 35.2 Å². The van der Waals surface area contributed by atoms with Gasteiger partial charge in [-0.3, -0.25) is 4.72 Å². The SMILES string of the molecule is Nc1cccc(F)c1S(=O)(=O)Nc1cc(F)c(F)cc1F. The predicted molar refractivity (Wildman–Crippen MR) is 67.9 cm³/mol. The van der Waals surface area contributed by atoms with E-state index in [9.17, 15) is 26.0 Å². The summed E-state index contributed by atoms with van der Waals surface area (Å²) >= 11 is 0. The lowest BCUT2D eigenvalue weighted by Crippen LogP contribution is -2.17. The number of anilines is 2. The first-order valence-corrected chi connectivity index (χ1v) is 6.92. The molecule has 4 nitrogen and oxygen atoms in total. The molecule has 0 aliphatic rings. The molecule has 0 saturated carbocycles. The first kappa shape index (κ1) is 15.1. The Bertz CT molecular complexity index is 789. The van der Waals surface area contributed by atoms with E-state index < -0.39 is 49.6 Å². The fourth-order valence-electron chi connectivity index (χ4n) is 1.61. The standard InChI is InChI=1S/C12H8F4N2O2S/c13-6-2-1-3-10(17)12(6)21(19,20)18-11-5-8(15)7(14)4-9(11)16/h1-5,18H,17H2. The third-order valence-corrected chi connectivity index (χ3v) is 3.98. The molecule has 9 heteroatoms. The Morgan fingerprint density at radius 1 is 0.905 bits per heavy atom. The van der Waals surface area contributed by atoms with Gasteiger partial charge in [-0.1, -0.05) is 6.07 Å². The first-order chi connectivity index (χ1) is 9.72. The number of hydrogen-bond acceptors (Lipinski definition) is 3. The number of nitrogens with two attached hydrogens (primary N) is 1. The second-order valence-electron chi connectivity index (χ2n) is 4.01. The van der Waals surface area contributed by atoms with Crippen LogP contribution in [0.3, 0.4) is 0 Å². The molecule has 0 amide bonds. The largest absolute Gasteiger partial charge is 0.398 e. The van der Waals surface area contributed by atoms with E-state index in [1.165, 1.54) is 6.07 Å². The zero-order chi connectivity index (χ0) is 15.8. The van der Waals surface area contributed by atoms with Gasteiger partial charge in [0.15, 0.2) is 11.6 Å². The molecule has 2 rings (SSSR count). The Hall–Kier alpha value is -2.29. The van der Waals surface area contributed by atoms with E-state index >= 15 is 0 Å². The van der Waals surface area contributed by atoms with Gasteiger partial charge < -0.3 is 5.73 Å². The lowest BCUT2D eigenvalue weighted by molar-refractivity contribution is 0.496. The molecule has 112 valence electrons. The number of benzene rings is 2. The molecule has 3 N–H and O–H groups in total. The minimum atomic E-state index is -4.61. The maximum absolute atomic E-state index is 13.6. The zero-order valence-corrected chi connectivity index (χ0v) is 11.0. The number of halogens is 4. The maximum atomic E-state index is 13.6. The van der Waals surface area contributed by atoms with Gasteiger partial charge >= 0.3 is 0 Å². The van der Waals surface area contributed by atoms with Gasteiger partial charge in [0, 0.05) is 12.1 Å². The summed E-state index contributed by atoms with van der Waals surface area (Å²) in [6.07, 6.45) is 0. The van der Waals surface area contributed by atoms with Crippen molar-refractivity contribution in [1.29, 1.82) is 0 Å². The summed E-state index contributed by atoms with van der Waals surface area (Å²) in [4.78, 5) is -0.908.